The molecule has 0 aromatic heterocycles. The van der Waals surface area contributed by atoms with Gasteiger partial charge < -0.3 is 14.8 Å². The van der Waals surface area contributed by atoms with E-state index in [1.54, 1.807) is 50.6 Å². The van der Waals surface area contributed by atoms with Crippen molar-refractivity contribution >= 4 is 46.2 Å². The lowest BCUT2D eigenvalue weighted by Crippen LogP contribution is -2.19. The molecule has 2 aromatic carbocycles. The summed E-state index contributed by atoms with van der Waals surface area (Å²) in [6.45, 7) is 0. The molecule has 1 N–H and O–H groups in total. The highest BCUT2D eigenvalue weighted by Crippen LogP contribution is 2.34. The van der Waals surface area contributed by atoms with Crippen molar-refractivity contribution in [3.05, 3.63) is 58.0 Å². The Morgan fingerprint density at radius 3 is 2.56 bits per heavy atom. The van der Waals surface area contributed by atoms with Crippen LogP contribution in [-0.4, -0.2) is 25.3 Å². The Bertz CT molecular complexity index is 863. The zero-order chi connectivity index (χ0) is 17.8. The Morgan fingerprint density at radius 1 is 1.12 bits per heavy atom. The number of thioether (sulfide) groups is 1. The van der Waals surface area contributed by atoms with Crippen molar-refractivity contribution in [3.63, 3.8) is 0 Å². The van der Waals surface area contributed by atoms with Gasteiger partial charge in [0.2, 0.25) is 0 Å². The molecule has 0 unspecified atom stereocenters. The number of carbonyl (C=O) groups is 1. The van der Waals surface area contributed by atoms with Gasteiger partial charge in [0.15, 0.2) is 5.17 Å². The Morgan fingerprint density at radius 2 is 1.88 bits per heavy atom. The van der Waals surface area contributed by atoms with Gasteiger partial charge in [0.1, 0.15) is 17.2 Å². The summed E-state index contributed by atoms with van der Waals surface area (Å²) >= 11 is 7.15. The lowest BCUT2D eigenvalue weighted by Gasteiger charge is -2.07. The number of methoxy groups -OCH3 is 2. The van der Waals surface area contributed by atoms with Crippen molar-refractivity contribution in [1.82, 2.24) is 5.32 Å². The van der Waals surface area contributed by atoms with Crippen molar-refractivity contribution in [2.45, 2.75) is 0 Å². The van der Waals surface area contributed by atoms with Crippen molar-refractivity contribution in [2.24, 2.45) is 4.99 Å². The van der Waals surface area contributed by atoms with Gasteiger partial charge in [0.25, 0.3) is 5.91 Å². The summed E-state index contributed by atoms with van der Waals surface area (Å²) in [4.78, 5) is 17.2. The van der Waals surface area contributed by atoms with Crippen LogP contribution in [0.3, 0.4) is 0 Å². The van der Waals surface area contributed by atoms with Crippen molar-refractivity contribution in [1.29, 1.82) is 0 Å². The predicted octanol–water partition coefficient (Wildman–Crippen LogP) is 4.25. The van der Waals surface area contributed by atoms with Crippen molar-refractivity contribution in [3.8, 4) is 11.5 Å². The molecule has 0 saturated carbocycles. The van der Waals surface area contributed by atoms with Crippen molar-refractivity contribution in [2.75, 3.05) is 14.2 Å². The third-order valence-electron chi connectivity index (χ3n) is 3.43. The minimum atomic E-state index is -0.189. The van der Waals surface area contributed by atoms with Gasteiger partial charge in [-0.25, -0.2) is 4.99 Å². The Labute approximate surface area is 154 Å². The van der Waals surface area contributed by atoms with Crippen LogP contribution in [0.2, 0.25) is 5.02 Å². The average molecular weight is 375 g/mol. The Kier molecular flexibility index (Phi) is 5.31. The van der Waals surface area contributed by atoms with E-state index < -0.39 is 0 Å². The summed E-state index contributed by atoms with van der Waals surface area (Å²) in [6.07, 6.45) is 1.80. The fourth-order valence-electron chi connectivity index (χ4n) is 2.18. The molecule has 0 aliphatic carbocycles. The van der Waals surface area contributed by atoms with E-state index in [0.29, 0.717) is 32.3 Å². The molecule has 1 amide bonds. The maximum atomic E-state index is 12.1. The first-order valence-electron chi connectivity index (χ1n) is 7.36. The predicted molar refractivity (Wildman–Crippen MR) is 102 cm³/mol. The van der Waals surface area contributed by atoms with E-state index in [4.69, 9.17) is 21.1 Å². The molecule has 1 heterocycles. The van der Waals surface area contributed by atoms with Crippen LogP contribution in [0.1, 0.15) is 5.56 Å². The first-order chi connectivity index (χ1) is 12.1. The Hall–Kier alpha value is -2.44. The number of amides is 1. The number of nitrogens with zero attached hydrogens (tertiary/aromatic N) is 1. The quantitative estimate of drug-likeness (QED) is 0.813. The molecule has 1 aliphatic rings. The number of rotatable bonds is 4. The van der Waals surface area contributed by atoms with Crippen LogP contribution in [0.4, 0.5) is 5.69 Å². The van der Waals surface area contributed by atoms with E-state index in [2.05, 4.69) is 10.3 Å². The van der Waals surface area contributed by atoms with Gasteiger partial charge in [0.05, 0.1) is 19.1 Å². The lowest BCUT2D eigenvalue weighted by atomic mass is 10.2. The van der Waals surface area contributed by atoms with Crippen LogP contribution in [0, 0.1) is 0 Å². The molecule has 128 valence electrons. The second-order valence-corrected chi connectivity index (χ2v) is 6.54. The van der Waals surface area contributed by atoms with E-state index >= 15 is 0 Å². The lowest BCUT2D eigenvalue weighted by molar-refractivity contribution is -0.115. The summed E-state index contributed by atoms with van der Waals surface area (Å²) in [5, 5.41) is 3.90. The fraction of sp³-hybridized carbons (Fsp3) is 0.111. The van der Waals surface area contributed by atoms with Gasteiger partial charge >= 0.3 is 0 Å². The zero-order valence-electron chi connectivity index (χ0n) is 13.6. The molecule has 2 aromatic rings. The highest BCUT2D eigenvalue weighted by atomic mass is 35.5. The molecule has 1 fully saturated rings. The highest BCUT2D eigenvalue weighted by Gasteiger charge is 2.24. The number of hydrogen-bond donors (Lipinski definition) is 1. The van der Waals surface area contributed by atoms with E-state index in [0.717, 1.165) is 5.56 Å². The number of halogens is 1. The SMILES string of the molecule is COc1ccc(N=C2NC(=O)C(=Cc3ccc(Cl)cc3)S2)c(OC)c1. The molecule has 0 atom stereocenters. The summed E-state index contributed by atoms with van der Waals surface area (Å²) in [6, 6.07) is 12.6. The van der Waals surface area contributed by atoms with Crippen LogP contribution < -0.4 is 14.8 Å². The van der Waals surface area contributed by atoms with Gasteiger partial charge in [0, 0.05) is 11.1 Å². The monoisotopic (exact) mass is 374 g/mol. The first kappa shape index (κ1) is 17.4. The van der Waals surface area contributed by atoms with Gasteiger partial charge in [-0.3, -0.25) is 4.79 Å². The molecular formula is C18H15ClN2O3S. The minimum Gasteiger partial charge on any atom is -0.497 e. The smallest absolute Gasteiger partial charge is 0.264 e. The van der Waals surface area contributed by atoms with Crippen LogP contribution in [0.5, 0.6) is 11.5 Å². The minimum absolute atomic E-state index is 0.189. The maximum Gasteiger partial charge on any atom is 0.264 e. The van der Waals surface area contributed by atoms with Crippen LogP contribution >= 0.6 is 23.4 Å². The van der Waals surface area contributed by atoms with Crippen LogP contribution in [-0.2, 0) is 4.79 Å². The molecule has 1 saturated heterocycles. The van der Waals surface area contributed by atoms with Gasteiger partial charge in [-0.05, 0) is 47.7 Å². The number of ether oxygens (including phenoxy) is 2. The number of nitrogens with one attached hydrogen (secondary N) is 1. The molecule has 0 spiro atoms. The summed E-state index contributed by atoms with van der Waals surface area (Å²) < 4.78 is 10.5. The van der Waals surface area contributed by atoms with E-state index in [9.17, 15) is 4.79 Å². The van der Waals surface area contributed by atoms with Gasteiger partial charge in [-0.1, -0.05) is 23.7 Å². The molecule has 3 rings (SSSR count). The largest absolute Gasteiger partial charge is 0.497 e. The molecule has 0 radical (unpaired) electrons. The molecular weight excluding hydrogens is 360 g/mol. The summed E-state index contributed by atoms with van der Waals surface area (Å²) in [5.74, 6) is 1.05. The van der Waals surface area contributed by atoms with Crippen LogP contribution in [0.15, 0.2) is 52.4 Å². The summed E-state index contributed by atoms with van der Waals surface area (Å²) in [5.41, 5.74) is 1.50. The number of carbonyl (C=O) groups excluding carboxylic acids is 1. The number of amidine groups is 1. The normalized spacial score (nSPS) is 17.0. The standard InChI is InChI=1S/C18H15ClN2O3S/c1-23-13-7-8-14(15(10-13)24-2)20-18-21-17(22)16(25-18)9-11-3-5-12(19)6-4-11/h3-10H,1-2H3,(H,20,21,22). The topological polar surface area (TPSA) is 59.9 Å². The highest BCUT2D eigenvalue weighted by molar-refractivity contribution is 8.18. The van der Waals surface area contributed by atoms with Gasteiger partial charge in [-0.2, -0.15) is 0 Å². The number of benzene rings is 2. The fourth-order valence-corrected chi connectivity index (χ4v) is 3.14. The zero-order valence-corrected chi connectivity index (χ0v) is 15.1. The maximum absolute atomic E-state index is 12.1. The first-order valence-corrected chi connectivity index (χ1v) is 8.55. The molecule has 5 nitrogen and oxygen atoms in total. The van der Waals surface area contributed by atoms with Gasteiger partial charge in [-0.15, -0.1) is 0 Å². The third kappa shape index (κ3) is 4.15. The molecule has 7 heteroatoms. The number of hydrogen-bond acceptors (Lipinski definition) is 5. The third-order valence-corrected chi connectivity index (χ3v) is 4.59. The van der Waals surface area contributed by atoms with Crippen molar-refractivity contribution < 1.29 is 14.3 Å². The second kappa shape index (κ2) is 7.63. The summed E-state index contributed by atoms with van der Waals surface area (Å²) in [7, 11) is 3.14. The van der Waals surface area contributed by atoms with E-state index in [1.165, 1.54) is 11.8 Å². The number of aliphatic imine (C=N–C) groups is 1. The molecule has 25 heavy (non-hydrogen) atoms. The average Bonchev–Trinajstić information content (AvgIpc) is 2.96. The van der Waals surface area contributed by atoms with E-state index in [-0.39, 0.29) is 5.91 Å². The molecule has 0 bridgehead atoms. The second-order valence-electron chi connectivity index (χ2n) is 5.07. The Balaban J connectivity index is 1.85. The van der Waals surface area contributed by atoms with E-state index in [1.807, 2.05) is 12.1 Å². The van der Waals surface area contributed by atoms with Crippen LogP contribution in [0.25, 0.3) is 6.08 Å². The molecule has 1 aliphatic heterocycles.